The molecule has 5 nitrogen and oxygen atoms in total. The summed E-state index contributed by atoms with van der Waals surface area (Å²) in [6.07, 6.45) is 0. The highest BCUT2D eigenvalue weighted by Crippen LogP contribution is 2.63. The molecule has 0 radical (unpaired) electrons. The normalized spacial score (nSPS) is 12.8. The number of rotatable bonds is 5. The zero-order valence-electron chi connectivity index (χ0n) is 33.3. The van der Waals surface area contributed by atoms with Crippen molar-refractivity contribution in [2.45, 2.75) is 5.41 Å². The fourth-order valence-electron chi connectivity index (χ4n) is 9.67. The molecule has 1 aliphatic carbocycles. The van der Waals surface area contributed by atoms with Crippen molar-refractivity contribution in [1.82, 2.24) is 15.0 Å². The highest BCUT2D eigenvalue weighted by molar-refractivity contribution is 6.05. The van der Waals surface area contributed by atoms with E-state index in [-0.39, 0.29) is 0 Å². The van der Waals surface area contributed by atoms with Gasteiger partial charge in [0.25, 0.3) is 0 Å². The van der Waals surface area contributed by atoms with Crippen LogP contribution in [0.15, 0.2) is 206 Å². The monoisotopic (exact) mass is 790 g/mol. The summed E-state index contributed by atoms with van der Waals surface area (Å²) in [5, 5.41) is 11.8. The van der Waals surface area contributed by atoms with Crippen LogP contribution in [-0.2, 0) is 5.41 Å². The van der Waals surface area contributed by atoms with Crippen molar-refractivity contribution in [1.29, 1.82) is 5.26 Å². The Bertz CT molecular complexity index is 3340. The smallest absolute Gasteiger partial charge is 0.164 e. The van der Waals surface area contributed by atoms with Crippen LogP contribution in [0.1, 0.15) is 27.8 Å². The van der Waals surface area contributed by atoms with Gasteiger partial charge >= 0.3 is 0 Å². The fraction of sp³-hybridized carbons (Fsp3) is 0.0175. The summed E-state index contributed by atoms with van der Waals surface area (Å²) in [5.41, 5.74) is 14.0. The Morgan fingerprint density at radius 1 is 0.355 bits per heavy atom. The molecule has 0 saturated carbocycles. The van der Waals surface area contributed by atoms with Gasteiger partial charge in [-0.05, 0) is 91.7 Å². The molecular formula is C57H34N4O. The van der Waals surface area contributed by atoms with Gasteiger partial charge in [-0.25, -0.2) is 15.0 Å². The summed E-state index contributed by atoms with van der Waals surface area (Å²) in [5.74, 6) is 3.51. The van der Waals surface area contributed by atoms with Gasteiger partial charge in [0.1, 0.15) is 11.5 Å². The molecule has 0 saturated heterocycles. The van der Waals surface area contributed by atoms with E-state index in [1.165, 1.54) is 11.1 Å². The number of ether oxygens (including phenoxy) is 1. The second-order valence-electron chi connectivity index (χ2n) is 15.8. The van der Waals surface area contributed by atoms with E-state index in [0.717, 1.165) is 83.5 Å². The number of benzene rings is 9. The van der Waals surface area contributed by atoms with E-state index in [0.29, 0.717) is 23.0 Å². The minimum atomic E-state index is -0.724. The second-order valence-corrected chi connectivity index (χ2v) is 15.8. The standard InChI is InChI=1S/C57H34N4O/c58-35-36-23-25-37(26-24-36)42-31-32-43(45-18-8-7-17-44(42)45)40-27-29-46-47-30-28-41(56-60-54(38-13-3-1-4-14-38)59-55(61-56)39-15-5-2-6-16-39)34-51(47)57(50(46)33-40)48-19-9-11-21-52(48)62-53-22-12-10-20-49(53)57/h1-34H. The Morgan fingerprint density at radius 2 is 0.774 bits per heavy atom. The molecule has 288 valence electrons. The van der Waals surface area contributed by atoms with Crippen LogP contribution < -0.4 is 4.74 Å². The lowest BCUT2D eigenvalue weighted by atomic mass is 9.65. The van der Waals surface area contributed by atoms with Gasteiger partial charge in [0.15, 0.2) is 17.5 Å². The SMILES string of the molecule is N#Cc1ccc(-c2ccc(-c3ccc4c(c3)C3(c5ccccc5Oc5ccccc53)c3cc(-c5nc(-c6ccccc6)nc(-c6ccccc6)n5)ccc3-4)c3ccccc23)cc1. The first kappa shape index (κ1) is 35.5. The summed E-state index contributed by atoms with van der Waals surface area (Å²) < 4.78 is 6.73. The average Bonchev–Trinajstić information content (AvgIpc) is 3.63. The molecule has 2 heterocycles. The second kappa shape index (κ2) is 14.1. The van der Waals surface area contributed by atoms with Gasteiger partial charge in [0.05, 0.1) is 17.0 Å². The van der Waals surface area contributed by atoms with Crippen LogP contribution in [0.25, 0.3) is 78.3 Å². The molecule has 1 aromatic heterocycles. The molecule has 5 heteroatoms. The van der Waals surface area contributed by atoms with Crippen LogP contribution in [0, 0.1) is 11.3 Å². The summed E-state index contributed by atoms with van der Waals surface area (Å²) in [6, 6.07) is 74.0. The Balaban J connectivity index is 1.09. The molecule has 0 N–H and O–H groups in total. The van der Waals surface area contributed by atoms with Crippen molar-refractivity contribution in [2.24, 2.45) is 0 Å². The highest BCUT2D eigenvalue weighted by atomic mass is 16.5. The van der Waals surface area contributed by atoms with Crippen LogP contribution in [0.2, 0.25) is 0 Å². The van der Waals surface area contributed by atoms with Gasteiger partial charge in [0, 0.05) is 27.8 Å². The van der Waals surface area contributed by atoms with Gasteiger partial charge < -0.3 is 4.74 Å². The lowest BCUT2D eigenvalue weighted by molar-refractivity contribution is 0.436. The van der Waals surface area contributed by atoms with E-state index in [2.05, 4.69) is 115 Å². The predicted octanol–water partition coefficient (Wildman–Crippen LogP) is 13.7. The number of para-hydroxylation sites is 2. The maximum atomic E-state index is 9.46. The Kier molecular flexibility index (Phi) is 8.06. The van der Waals surface area contributed by atoms with E-state index in [9.17, 15) is 5.26 Å². The molecule has 10 aromatic rings. The number of aromatic nitrogens is 3. The quantitative estimate of drug-likeness (QED) is 0.174. The first-order valence-electron chi connectivity index (χ1n) is 20.7. The Morgan fingerprint density at radius 3 is 1.32 bits per heavy atom. The third kappa shape index (κ3) is 5.44. The molecule has 0 fully saturated rings. The molecule has 0 unspecified atom stereocenters. The molecule has 0 atom stereocenters. The van der Waals surface area contributed by atoms with Gasteiger partial charge in [-0.2, -0.15) is 5.26 Å². The van der Waals surface area contributed by atoms with Gasteiger partial charge in [-0.3, -0.25) is 0 Å². The van der Waals surface area contributed by atoms with E-state index in [1.807, 2.05) is 97.1 Å². The van der Waals surface area contributed by atoms with E-state index in [4.69, 9.17) is 19.7 Å². The van der Waals surface area contributed by atoms with Crippen LogP contribution in [0.5, 0.6) is 11.5 Å². The molecule has 1 spiro atoms. The first-order chi connectivity index (χ1) is 30.7. The Labute approximate surface area is 358 Å². The topological polar surface area (TPSA) is 71.7 Å². The summed E-state index contributed by atoms with van der Waals surface area (Å²) in [4.78, 5) is 15.3. The summed E-state index contributed by atoms with van der Waals surface area (Å²) in [7, 11) is 0. The fourth-order valence-corrected chi connectivity index (χ4v) is 9.67. The van der Waals surface area contributed by atoms with Crippen LogP contribution in [0.4, 0.5) is 0 Å². The first-order valence-corrected chi connectivity index (χ1v) is 20.7. The molecule has 0 bridgehead atoms. The molecule has 12 rings (SSSR count). The van der Waals surface area contributed by atoms with E-state index in [1.54, 1.807) is 0 Å². The number of hydrogen-bond acceptors (Lipinski definition) is 5. The van der Waals surface area contributed by atoms with Crippen LogP contribution in [0.3, 0.4) is 0 Å². The highest BCUT2D eigenvalue weighted by Gasteiger charge is 2.51. The molecule has 0 amide bonds. The maximum absolute atomic E-state index is 9.46. The third-order valence-electron chi connectivity index (χ3n) is 12.5. The molecule has 1 aliphatic heterocycles. The molecule has 62 heavy (non-hydrogen) atoms. The van der Waals surface area contributed by atoms with Gasteiger partial charge in [-0.1, -0.05) is 170 Å². The lowest BCUT2D eigenvalue weighted by Crippen LogP contribution is -2.32. The largest absolute Gasteiger partial charge is 0.457 e. The lowest BCUT2D eigenvalue weighted by Gasteiger charge is -2.39. The zero-order chi connectivity index (χ0) is 41.2. The van der Waals surface area contributed by atoms with Crippen LogP contribution >= 0.6 is 0 Å². The summed E-state index contributed by atoms with van der Waals surface area (Å²) in [6.45, 7) is 0. The average molecular weight is 791 g/mol. The van der Waals surface area contributed by atoms with E-state index < -0.39 is 5.41 Å². The van der Waals surface area contributed by atoms with Crippen molar-refractivity contribution >= 4 is 10.8 Å². The maximum Gasteiger partial charge on any atom is 0.164 e. The minimum absolute atomic E-state index is 0.606. The number of fused-ring (bicyclic) bond motifs is 10. The molecule has 9 aromatic carbocycles. The molecular weight excluding hydrogens is 757 g/mol. The van der Waals surface area contributed by atoms with Crippen LogP contribution in [-0.4, -0.2) is 15.0 Å². The zero-order valence-corrected chi connectivity index (χ0v) is 33.3. The van der Waals surface area contributed by atoms with Crippen molar-refractivity contribution in [3.63, 3.8) is 0 Å². The minimum Gasteiger partial charge on any atom is -0.457 e. The van der Waals surface area contributed by atoms with Gasteiger partial charge in [-0.15, -0.1) is 0 Å². The van der Waals surface area contributed by atoms with Gasteiger partial charge in [0.2, 0.25) is 0 Å². The van der Waals surface area contributed by atoms with Crippen molar-refractivity contribution < 1.29 is 4.74 Å². The number of nitrogens with zero attached hydrogens (tertiary/aromatic N) is 4. The number of nitriles is 1. The Hall–Kier alpha value is -8.46. The molecule has 2 aliphatic rings. The van der Waals surface area contributed by atoms with Crippen molar-refractivity contribution in [2.75, 3.05) is 0 Å². The van der Waals surface area contributed by atoms with Crippen molar-refractivity contribution in [3.8, 4) is 85.1 Å². The number of hydrogen-bond donors (Lipinski definition) is 0. The van der Waals surface area contributed by atoms with Crippen molar-refractivity contribution in [3.05, 3.63) is 234 Å². The third-order valence-corrected chi connectivity index (χ3v) is 12.5. The summed E-state index contributed by atoms with van der Waals surface area (Å²) >= 11 is 0. The van der Waals surface area contributed by atoms with E-state index >= 15 is 0 Å². The predicted molar refractivity (Wildman–Crippen MR) is 247 cm³/mol.